The Morgan fingerprint density at radius 2 is 2.47 bits per heavy atom. The molecule has 92 valence electrons. The summed E-state index contributed by atoms with van der Waals surface area (Å²) in [6.45, 7) is 1.95. The fourth-order valence-corrected chi connectivity index (χ4v) is 2.69. The van der Waals surface area contributed by atoms with Gasteiger partial charge in [-0.25, -0.2) is 4.98 Å². The summed E-state index contributed by atoms with van der Waals surface area (Å²) in [6.07, 6.45) is 1.40. The van der Waals surface area contributed by atoms with Gasteiger partial charge in [0, 0.05) is 12.7 Å². The van der Waals surface area contributed by atoms with Gasteiger partial charge >= 0.3 is 0 Å². The van der Waals surface area contributed by atoms with E-state index in [0.717, 1.165) is 16.8 Å². The van der Waals surface area contributed by atoms with E-state index in [4.69, 9.17) is 34.3 Å². The summed E-state index contributed by atoms with van der Waals surface area (Å²) >= 11 is 14.2. The first kappa shape index (κ1) is 13.0. The number of hydrogen-bond acceptors (Lipinski definition) is 4. The van der Waals surface area contributed by atoms with Gasteiger partial charge in [-0.2, -0.15) is 0 Å². The van der Waals surface area contributed by atoms with Gasteiger partial charge in [-0.3, -0.25) is 0 Å². The summed E-state index contributed by atoms with van der Waals surface area (Å²) in [7, 11) is 0. The van der Waals surface area contributed by atoms with Crippen LogP contribution in [0.4, 0.5) is 5.82 Å². The molecule has 1 aromatic rings. The van der Waals surface area contributed by atoms with Crippen molar-refractivity contribution >= 4 is 50.6 Å². The molecule has 0 aliphatic carbocycles. The van der Waals surface area contributed by atoms with Gasteiger partial charge in [0.25, 0.3) is 0 Å². The number of pyridine rings is 1. The average Bonchev–Trinajstić information content (AvgIpc) is 2.29. The van der Waals surface area contributed by atoms with Crippen LogP contribution in [0.3, 0.4) is 0 Å². The van der Waals surface area contributed by atoms with Crippen LogP contribution >= 0.6 is 39.7 Å². The number of ether oxygens (including phenoxy) is 1. The molecule has 17 heavy (non-hydrogen) atoms. The van der Waals surface area contributed by atoms with Gasteiger partial charge in [0.05, 0.1) is 22.6 Å². The molecule has 4 nitrogen and oxygen atoms in total. The van der Waals surface area contributed by atoms with Gasteiger partial charge in [-0.1, -0.05) is 23.8 Å². The first-order chi connectivity index (χ1) is 8.08. The highest BCUT2D eigenvalue weighted by Crippen LogP contribution is 2.27. The van der Waals surface area contributed by atoms with E-state index in [1.807, 2.05) is 6.07 Å². The number of thiocarbonyl (C=S) groups is 1. The van der Waals surface area contributed by atoms with E-state index in [2.05, 4.69) is 25.8 Å². The standard InChI is InChI=1S/C10H11BrClN3OS/c11-7-3-6(12)4-14-10(7)15-1-2-16-8(5-15)9(13)17/h3-4,8H,1-2,5H2,(H2,13,17). The van der Waals surface area contributed by atoms with Gasteiger partial charge in [0.2, 0.25) is 0 Å². The third kappa shape index (κ3) is 3.07. The van der Waals surface area contributed by atoms with Crippen LogP contribution in [0.25, 0.3) is 0 Å². The summed E-state index contributed by atoms with van der Waals surface area (Å²) in [6, 6.07) is 1.81. The molecule has 0 radical (unpaired) electrons. The molecule has 2 N–H and O–H groups in total. The Labute approximate surface area is 118 Å². The minimum absolute atomic E-state index is 0.219. The number of halogens is 2. The van der Waals surface area contributed by atoms with Crippen molar-refractivity contribution in [2.75, 3.05) is 24.6 Å². The Bertz CT molecular complexity index is 446. The van der Waals surface area contributed by atoms with Crippen molar-refractivity contribution in [2.45, 2.75) is 6.10 Å². The van der Waals surface area contributed by atoms with Crippen molar-refractivity contribution in [3.63, 3.8) is 0 Å². The maximum Gasteiger partial charge on any atom is 0.143 e. The largest absolute Gasteiger partial charge is 0.391 e. The van der Waals surface area contributed by atoms with E-state index in [1.54, 1.807) is 6.20 Å². The van der Waals surface area contributed by atoms with Crippen LogP contribution in [0.2, 0.25) is 5.02 Å². The normalized spacial score (nSPS) is 20.4. The SMILES string of the molecule is NC(=S)C1CN(c2ncc(Cl)cc2Br)CCO1. The lowest BCUT2D eigenvalue weighted by molar-refractivity contribution is 0.0843. The number of hydrogen-bond donors (Lipinski definition) is 1. The molecule has 1 aliphatic heterocycles. The smallest absolute Gasteiger partial charge is 0.143 e. The Hall–Kier alpha value is -0.430. The van der Waals surface area contributed by atoms with Gasteiger partial charge < -0.3 is 15.4 Å². The van der Waals surface area contributed by atoms with Gasteiger partial charge in [0.15, 0.2) is 0 Å². The second kappa shape index (κ2) is 5.48. The number of morpholine rings is 1. The highest BCUT2D eigenvalue weighted by Gasteiger charge is 2.24. The molecule has 1 aliphatic rings. The molecule has 1 atom stereocenters. The molecule has 1 saturated heterocycles. The summed E-state index contributed by atoms with van der Waals surface area (Å²) in [4.78, 5) is 6.75. The molecule has 0 amide bonds. The quantitative estimate of drug-likeness (QED) is 0.837. The van der Waals surface area contributed by atoms with E-state index >= 15 is 0 Å². The molecule has 0 saturated carbocycles. The van der Waals surface area contributed by atoms with Crippen LogP contribution in [-0.4, -0.2) is 35.8 Å². The van der Waals surface area contributed by atoms with Gasteiger partial charge in [-0.15, -0.1) is 0 Å². The molecule has 1 fully saturated rings. The second-order valence-electron chi connectivity index (χ2n) is 3.67. The third-order valence-electron chi connectivity index (χ3n) is 2.47. The topological polar surface area (TPSA) is 51.4 Å². The van der Waals surface area contributed by atoms with Crippen molar-refractivity contribution in [1.29, 1.82) is 0 Å². The first-order valence-electron chi connectivity index (χ1n) is 5.05. The number of nitrogens with zero attached hydrogens (tertiary/aromatic N) is 2. The maximum atomic E-state index is 5.86. The number of aromatic nitrogens is 1. The molecule has 2 heterocycles. The Morgan fingerprint density at radius 3 is 3.12 bits per heavy atom. The lowest BCUT2D eigenvalue weighted by Crippen LogP contribution is -2.48. The van der Waals surface area contributed by atoms with E-state index in [1.165, 1.54) is 0 Å². The molecule has 1 unspecified atom stereocenters. The molecule has 0 aromatic carbocycles. The zero-order chi connectivity index (χ0) is 12.4. The van der Waals surface area contributed by atoms with Crippen LogP contribution in [0, 0.1) is 0 Å². The van der Waals surface area contributed by atoms with E-state index in [9.17, 15) is 0 Å². The zero-order valence-electron chi connectivity index (χ0n) is 8.90. The molecular formula is C10H11BrClN3OS. The molecule has 1 aromatic heterocycles. The Morgan fingerprint density at radius 1 is 1.71 bits per heavy atom. The van der Waals surface area contributed by atoms with Crippen molar-refractivity contribution in [3.8, 4) is 0 Å². The van der Waals surface area contributed by atoms with Crippen LogP contribution < -0.4 is 10.6 Å². The summed E-state index contributed by atoms with van der Waals surface area (Å²) in [5.41, 5.74) is 5.60. The number of rotatable bonds is 2. The van der Waals surface area contributed by atoms with Crippen molar-refractivity contribution < 1.29 is 4.74 Å². The monoisotopic (exact) mass is 335 g/mol. The van der Waals surface area contributed by atoms with E-state index < -0.39 is 0 Å². The zero-order valence-corrected chi connectivity index (χ0v) is 12.1. The van der Waals surface area contributed by atoms with E-state index in [-0.39, 0.29) is 6.10 Å². The molecule has 0 bridgehead atoms. The van der Waals surface area contributed by atoms with Crippen molar-refractivity contribution in [2.24, 2.45) is 5.73 Å². The van der Waals surface area contributed by atoms with Crippen LogP contribution in [0.5, 0.6) is 0 Å². The number of anilines is 1. The van der Waals surface area contributed by atoms with Gasteiger partial charge in [-0.05, 0) is 22.0 Å². The average molecular weight is 337 g/mol. The predicted molar refractivity (Wildman–Crippen MR) is 75.7 cm³/mol. The van der Waals surface area contributed by atoms with E-state index in [0.29, 0.717) is 23.2 Å². The fraction of sp³-hybridized carbons (Fsp3) is 0.400. The van der Waals surface area contributed by atoms with Crippen LogP contribution in [0.1, 0.15) is 0 Å². The highest BCUT2D eigenvalue weighted by atomic mass is 79.9. The maximum absolute atomic E-state index is 5.86. The van der Waals surface area contributed by atoms with Gasteiger partial charge in [0.1, 0.15) is 16.9 Å². The second-order valence-corrected chi connectivity index (χ2v) is 5.43. The predicted octanol–water partition coefficient (Wildman–Crippen LogP) is 1.99. The van der Waals surface area contributed by atoms with Crippen LogP contribution in [-0.2, 0) is 4.74 Å². The molecular weight excluding hydrogens is 326 g/mol. The lowest BCUT2D eigenvalue weighted by atomic mass is 10.2. The minimum Gasteiger partial charge on any atom is -0.391 e. The fourth-order valence-electron chi connectivity index (χ4n) is 1.65. The minimum atomic E-state index is -0.219. The molecule has 7 heteroatoms. The molecule has 0 spiro atoms. The summed E-state index contributed by atoms with van der Waals surface area (Å²) < 4.78 is 6.33. The van der Waals surface area contributed by atoms with Crippen LogP contribution in [0.15, 0.2) is 16.7 Å². The first-order valence-corrected chi connectivity index (χ1v) is 6.63. The Balaban J connectivity index is 2.19. The van der Waals surface area contributed by atoms with Crippen molar-refractivity contribution in [3.05, 3.63) is 21.8 Å². The highest BCUT2D eigenvalue weighted by molar-refractivity contribution is 9.10. The number of nitrogens with two attached hydrogens (primary N) is 1. The van der Waals surface area contributed by atoms with Crippen molar-refractivity contribution in [1.82, 2.24) is 4.98 Å². The summed E-state index contributed by atoms with van der Waals surface area (Å²) in [5.74, 6) is 0.832. The Kier molecular flexibility index (Phi) is 4.19. The third-order valence-corrected chi connectivity index (χ3v) is 3.52. The molecule has 2 rings (SSSR count). The lowest BCUT2D eigenvalue weighted by Gasteiger charge is -2.33. The summed E-state index contributed by atoms with van der Waals surface area (Å²) in [5, 5.41) is 0.597.